The molecule has 1 amide bonds. The van der Waals surface area contributed by atoms with Crippen LogP contribution in [0.15, 0.2) is 52.8 Å². The summed E-state index contributed by atoms with van der Waals surface area (Å²) in [5.41, 5.74) is 1.66. The quantitative estimate of drug-likeness (QED) is 0.226. The number of benzene rings is 1. The molecule has 7 heteroatoms. The Bertz CT molecular complexity index is 730. The molecule has 0 atom stereocenters. The maximum Gasteiger partial charge on any atom is 0.261 e. The highest BCUT2D eigenvalue weighted by molar-refractivity contribution is 14.0. The zero-order valence-electron chi connectivity index (χ0n) is 15.5. The SMILES string of the molecule is CN=C(NCCCNC(=O)c1cccs1)NCC1(c2ccccc2)CC1.I. The highest BCUT2D eigenvalue weighted by atomic mass is 127. The third-order valence-corrected chi connectivity index (χ3v) is 5.60. The molecule has 27 heavy (non-hydrogen) atoms. The molecule has 2 aromatic rings. The fraction of sp³-hybridized carbons (Fsp3) is 0.400. The van der Waals surface area contributed by atoms with Crippen LogP contribution < -0.4 is 16.0 Å². The molecule has 1 saturated carbocycles. The van der Waals surface area contributed by atoms with Gasteiger partial charge in [-0.05, 0) is 36.3 Å². The molecule has 1 fully saturated rings. The molecular formula is C20H27IN4OS. The molecule has 0 spiro atoms. The van der Waals surface area contributed by atoms with Crippen LogP contribution in [0, 0.1) is 0 Å². The molecule has 0 unspecified atom stereocenters. The molecule has 146 valence electrons. The molecule has 1 aliphatic carbocycles. The monoisotopic (exact) mass is 498 g/mol. The summed E-state index contributed by atoms with van der Waals surface area (Å²) in [6, 6.07) is 14.4. The Balaban J connectivity index is 0.00000261. The summed E-state index contributed by atoms with van der Waals surface area (Å²) in [4.78, 5) is 16.9. The first kappa shape index (κ1) is 21.7. The molecule has 0 saturated heterocycles. The van der Waals surface area contributed by atoms with Crippen molar-refractivity contribution < 1.29 is 4.79 Å². The Labute approximate surface area is 182 Å². The number of halogens is 1. The van der Waals surface area contributed by atoms with Crippen molar-refractivity contribution in [3.8, 4) is 0 Å². The van der Waals surface area contributed by atoms with Gasteiger partial charge in [0.25, 0.3) is 5.91 Å². The van der Waals surface area contributed by atoms with E-state index < -0.39 is 0 Å². The molecule has 1 heterocycles. The third kappa shape index (κ3) is 6.21. The van der Waals surface area contributed by atoms with E-state index in [1.807, 2.05) is 17.5 Å². The van der Waals surface area contributed by atoms with Crippen molar-refractivity contribution in [3.05, 3.63) is 58.3 Å². The van der Waals surface area contributed by atoms with E-state index in [9.17, 15) is 4.79 Å². The fourth-order valence-corrected chi connectivity index (χ4v) is 3.62. The molecule has 1 aliphatic rings. The number of thiophene rings is 1. The number of amides is 1. The summed E-state index contributed by atoms with van der Waals surface area (Å²) < 4.78 is 0. The van der Waals surface area contributed by atoms with Crippen molar-refractivity contribution in [2.75, 3.05) is 26.7 Å². The Morgan fingerprint density at radius 3 is 2.44 bits per heavy atom. The van der Waals surface area contributed by atoms with Gasteiger partial charge in [0.05, 0.1) is 4.88 Å². The number of guanidine groups is 1. The van der Waals surface area contributed by atoms with Gasteiger partial charge in [0.15, 0.2) is 5.96 Å². The van der Waals surface area contributed by atoms with E-state index in [4.69, 9.17) is 0 Å². The Morgan fingerprint density at radius 1 is 1.07 bits per heavy atom. The molecule has 5 nitrogen and oxygen atoms in total. The first-order valence-corrected chi connectivity index (χ1v) is 9.93. The first-order valence-electron chi connectivity index (χ1n) is 9.05. The lowest BCUT2D eigenvalue weighted by molar-refractivity contribution is 0.0957. The average molecular weight is 498 g/mol. The lowest BCUT2D eigenvalue weighted by Crippen LogP contribution is -2.42. The Kier molecular flexibility index (Phi) is 8.56. The highest BCUT2D eigenvalue weighted by Crippen LogP contribution is 2.47. The van der Waals surface area contributed by atoms with Crippen LogP contribution in [0.25, 0.3) is 0 Å². The minimum atomic E-state index is 0. The van der Waals surface area contributed by atoms with Crippen LogP contribution >= 0.6 is 35.3 Å². The van der Waals surface area contributed by atoms with E-state index in [0.29, 0.717) is 6.54 Å². The number of aliphatic imine (C=N–C) groups is 1. The predicted octanol–water partition coefficient (Wildman–Crippen LogP) is 3.38. The maximum absolute atomic E-state index is 11.9. The van der Waals surface area contributed by atoms with Crippen LogP contribution in [0.3, 0.4) is 0 Å². The van der Waals surface area contributed by atoms with Gasteiger partial charge in [-0.3, -0.25) is 9.79 Å². The smallest absolute Gasteiger partial charge is 0.261 e. The summed E-state index contributed by atoms with van der Waals surface area (Å²) in [5, 5.41) is 11.6. The number of hydrogen-bond acceptors (Lipinski definition) is 3. The van der Waals surface area contributed by atoms with E-state index >= 15 is 0 Å². The van der Waals surface area contributed by atoms with Gasteiger partial charge in [0, 0.05) is 32.1 Å². The number of rotatable bonds is 8. The number of nitrogens with one attached hydrogen (secondary N) is 3. The summed E-state index contributed by atoms with van der Waals surface area (Å²) in [7, 11) is 1.79. The van der Waals surface area contributed by atoms with Gasteiger partial charge in [0.2, 0.25) is 0 Å². The second kappa shape index (κ2) is 10.7. The maximum atomic E-state index is 11.9. The number of hydrogen-bond donors (Lipinski definition) is 3. The van der Waals surface area contributed by atoms with Gasteiger partial charge in [-0.25, -0.2) is 0 Å². The molecule has 1 aromatic heterocycles. The van der Waals surface area contributed by atoms with Crippen molar-refractivity contribution in [2.24, 2.45) is 4.99 Å². The number of nitrogens with zero attached hydrogens (tertiary/aromatic N) is 1. The van der Waals surface area contributed by atoms with E-state index in [0.717, 1.165) is 30.3 Å². The zero-order valence-corrected chi connectivity index (χ0v) is 18.7. The lowest BCUT2D eigenvalue weighted by atomic mass is 9.96. The number of carbonyl (C=O) groups excluding carboxylic acids is 1. The third-order valence-electron chi connectivity index (χ3n) is 4.73. The Hall–Kier alpha value is -1.61. The van der Waals surface area contributed by atoms with Crippen molar-refractivity contribution >= 4 is 47.2 Å². The average Bonchev–Trinajstić information content (AvgIpc) is 3.27. The zero-order chi connectivity index (χ0) is 18.2. The molecule has 1 aromatic carbocycles. The van der Waals surface area contributed by atoms with Crippen LogP contribution in [0.1, 0.15) is 34.5 Å². The molecular weight excluding hydrogens is 471 g/mol. The minimum Gasteiger partial charge on any atom is -0.356 e. The van der Waals surface area contributed by atoms with Crippen LogP contribution in [0.4, 0.5) is 0 Å². The van der Waals surface area contributed by atoms with Gasteiger partial charge in [0.1, 0.15) is 0 Å². The van der Waals surface area contributed by atoms with Gasteiger partial charge in [-0.1, -0.05) is 36.4 Å². The van der Waals surface area contributed by atoms with Crippen molar-refractivity contribution in [2.45, 2.75) is 24.7 Å². The molecule has 0 bridgehead atoms. The van der Waals surface area contributed by atoms with Crippen LogP contribution in [0.5, 0.6) is 0 Å². The second-order valence-corrected chi connectivity index (χ2v) is 7.53. The lowest BCUT2D eigenvalue weighted by Gasteiger charge is -2.19. The van der Waals surface area contributed by atoms with Crippen LogP contribution in [0.2, 0.25) is 0 Å². The van der Waals surface area contributed by atoms with Gasteiger partial charge < -0.3 is 16.0 Å². The summed E-state index contributed by atoms with van der Waals surface area (Å²) >= 11 is 1.46. The number of carbonyl (C=O) groups is 1. The summed E-state index contributed by atoms with van der Waals surface area (Å²) in [5.74, 6) is 0.817. The van der Waals surface area contributed by atoms with Crippen LogP contribution in [-0.4, -0.2) is 38.5 Å². The highest BCUT2D eigenvalue weighted by Gasteiger charge is 2.43. The second-order valence-electron chi connectivity index (χ2n) is 6.59. The van der Waals surface area contributed by atoms with Crippen LogP contribution in [-0.2, 0) is 5.41 Å². The fourth-order valence-electron chi connectivity index (χ4n) is 2.98. The summed E-state index contributed by atoms with van der Waals surface area (Å²) in [6.45, 7) is 2.31. The largest absolute Gasteiger partial charge is 0.356 e. The van der Waals surface area contributed by atoms with E-state index in [1.54, 1.807) is 7.05 Å². The first-order chi connectivity index (χ1) is 12.7. The molecule has 3 N–H and O–H groups in total. The van der Waals surface area contributed by atoms with E-state index in [2.05, 4.69) is 51.3 Å². The molecule has 0 radical (unpaired) electrons. The summed E-state index contributed by atoms with van der Waals surface area (Å²) in [6.07, 6.45) is 3.28. The molecule has 3 rings (SSSR count). The van der Waals surface area contributed by atoms with E-state index in [-0.39, 0.29) is 35.3 Å². The predicted molar refractivity (Wildman–Crippen MR) is 123 cm³/mol. The van der Waals surface area contributed by atoms with Crippen molar-refractivity contribution in [1.29, 1.82) is 0 Å². The normalized spacial score (nSPS) is 14.8. The van der Waals surface area contributed by atoms with E-state index in [1.165, 1.54) is 29.7 Å². The van der Waals surface area contributed by atoms with Gasteiger partial charge in [-0.15, -0.1) is 35.3 Å². The topological polar surface area (TPSA) is 65.5 Å². The molecule has 0 aliphatic heterocycles. The van der Waals surface area contributed by atoms with Crippen molar-refractivity contribution in [3.63, 3.8) is 0 Å². The minimum absolute atomic E-state index is 0. The van der Waals surface area contributed by atoms with Crippen molar-refractivity contribution in [1.82, 2.24) is 16.0 Å². The van der Waals surface area contributed by atoms with Gasteiger partial charge >= 0.3 is 0 Å². The Morgan fingerprint density at radius 2 is 1.81 bits per heavy atom. The van der Waals surface area contributed by atoms with Gasteiger partial charge in [-0.2, -0.15) is 0 Å². The standard InChI is InChI=1S/C20H26N4OS.HI/c1-21-19(23-13-6-12-22-18(25)17-9-5-14-26-17)24-15-20(10-11-20)16-7-3-2-4-8-16;/h2-5,7-9,14H,6,10-13,15H2,1H3,(H,22,25)(H2,21,23,24);1H.